The molecule has 2 aromatic rings. The number of nitrogens with zero attached hydrogens (tertiary/aromatic N) is 1. The summed E-state index contributed by atoms with van der Waals surface area (Å²) in [6.07, 6.45) is 1.08. The van der Waals surface area contributed by atoms with Gasteiger partial charge in [-0.25, -0.2) is 14.1 Å². The minimum Gasteiger partial charge on any atom is -0.507 e. The molecule has 2 N–H and O–H groups in total. The predicted octanol–water partition coefficient (Wildman–Crippen LogP) is 2.85. The zero-order valence-corrected chi connectivity index (χ0v) is 13.2. The van der Waals surface area contributed by atoms with E-state index in [0.717, 1.165) is 12.1 Å². The zero-order valence-electron chi connectivity index (χ0n) is 12.5. The Hall–Kier alpha value is -3.19. The molecule has 0 bridgehead atoms. The van der Waals surface area contributed by atoms with Crippen molar-refractivity contribution in [3.8, 4) is 5.75 Å². The van der Waals surface area contributed by atoms with E-state index >= 15 is 0 Å². The Balaban J connectivity index is 2.09. The van der Waals surface area contributed by atoms with Gasteiger partial charge >= 0.3 is 6.03 Å². The topological polar surface area (TPSA) is 86.7 Å². The average molecular weight is 361 g/mol. The number of nitrogens with one attached hydrogen (secondary N) is 1. The van der Waals surface area contributed by atoms with E-state index in [1.807, 2.05) is 5.32 Å². The van der Waals surface area contributed by atoms with Crippen LogP contribution in [0.2, 0.25) is 5.02 Å². The Bertz CT molecular complexity index is 942. The number of rotatable bonds is 2. The van der Waals surface area contributed by atoms with Crippen molar-refractivity contribution >= 4 is 41.2 Å². The first-order chi connectivity index (χ1) is 11.9. The molecule has 1 saturated heterocycles. The van der Waals surface area contributed by atoms with E-state index in [-0.39, 0.29) is 22.0 Å². The number of hydrogen-bond acceptors (Lipinski definition) is 4. The van der Waals surface area contributed by atoms with Crippen molar-refractivity contribution in [2.75, 3.05) is 4.90 Å². The third kappa shape index (κ3) is 3.09. The minimum atomic E-state index is -1.06. The van der Waals surface area contributed by atoms with Crippen molar-refractivity contribution in [3.63, 3.8) is 0 Å². The molecule has 0 atom stereocenters. The van der Waals surface area contributed by atoms with Crippen LogP contribution in [-0.4, -0.2) is 23.0 Å². The molecule has 0 aliphatic carbocycles. The van der Waals surface area contributed by atoms with E-state index in [2.05, 4.69) is 0 Å². The van der Waals surface area contributed by atoms with Gasteiger partial charge in [-0.15, -0.1) is 0 Å². The molecule has 1 heterocycles. The number of amides is 4. The second-order valence-corrected chi connectivity index (χ2v) is 5.55. The van der Waals surface area contributed by atoms with Gasteiger partial charge in [0.1, 0.15) is 17.1 Å². The lowest BCUT2D eigenvalue weighted by Crippen LogP contribution is -2.54. The number of urea groups is 1. The summed E-state index contributed by atoms with van der Waals surface area (Å²) in [7, 11) is 0. The standard InChI is InChI=1S/C17H10ClFN2O4/c18-10-5-6-14(22)9(7-10)8-11-15(23)20-17(25)21(16(11)24)13-4-2-1-3-12(13)19/h1-8,22H,(H,20,23,25)/b11-8-. The predicted molar refractivity (Wildman–Crippen MR) is 88.5 cm³/mol. The highest BCUT2D eigenvalue weighted by Crippen LogP contribution is 2.27. The molecule has 0 spiro atoms. The van der Waals surface area contributed by atoms with Gasteiger partial charge in [-0.1, -0.05) is 23.7 Å². The highest BCUT2D eigenvalue weighted by atomic mass is 35.5. The maximum Gasteiger partial charge on any atom is 0.336 e. The van der Waals surface area contributed by atoms with Gasteiger partial charge in [-0.3, -0.25) is 14.9 Å². The third-order valence-corrected chi connectivity index (χ3v) is 3.72. The second kappa shape index (κ2) is 6.37. The fourth-order valence-electron chi connectivity index (χ4n) is 2.31. The average Bonchev–Trinajstić information content (AvgIpc) is 2.56. The molecular weight excluding hydrogens is 351 g/mol. The second-order valence-electron chi connectivity index (χ2n) is 5.11. The lowest BCUT2D eigenvalue weighted by atomic mass is 10.1. The first-order valence-electron chi connectivity index (χ1n) is 7.03. The van der Waals surface area contributed by atoms with Crippen molar-refractivity contribution in [1.29, 1.82) is 0 Å². The van der Waals surface area contributed by atoms with Crippen LogP contribution in [0.25, 0.3) is 6.08 Å². The van der Waals surface area contributed by atoms with Crippen molar-refractivity contribution in [1.82, 2.24) is 5.32 Å². The molecule has 0 saturated carbocycles. The maximum absolute atomic E-state index is 14.0. The summed E-state index contributed by atoms with van der Waals surface area (Å²) in [5.41, 5.74) is -0.632. The van der Waals surface area contributed by atoms with Crippen molar-refractivity contribution < 1.29 is 23.9 Å². The van der Waals surface area contributed by atoms with E-state index in [0.29, 0.717) is 4.90 Å². The number of para-hydroxylation sites is 1. The molecule has 1 fully saturated rings. The van der Waals surface area contributed by atoms with Crippen molar-refractivity contribution in [2.45, 2.75) is 0 Å². The molecule has 126 valence electrons. The number of carbonyl (C=O) groups excluding carboxylic acids is 3. The molecule has 0 radical (unpaired) electrons. The lowest BCUT2D eigenvalue weighted by Gasteiger charge is -2.26. The normalized spacial score (nSPS) is 16.3. The van der Waals surface area contributed by atoms with Crippen LogP contribution in [0.5, 0.6) is 5.75 Å². The van der Waals surface area contributed by atoms with E-state index in [4.69, 9.17) is 11.6 Å². The summed E-state index contributed by atoms with van der Waals surface area (Å²) in [6.45, 7) is 0. The molecule has 25 heavy (non-hydrogen) atoms. The summed E-state index contributed by atoms with van der Waals surface area (Å²) in [6, 6.07) is 8.16. The maximum atomic E-state index is 14.0. The molecule has 6 nitrogen and oxygen atoms in total. The molecule has 0 unspecified atom stereocenters. The van der Waals surface area contributed by atoms with Gasteiger partial charge < -0.3 is 5.11 Å². The molecule has 4 amide bonds. The number of phenolic OH excluding ortho intramolecular Hbond substituents is 1. The Labute approximate surface area is 146 Å². The summed E-state index contributed by atoms with van der Waals surface area (Å²) in [5.74, 6) is -2.99. The Morgan fingerprint density at radius 1 is 1.12 bits per heavy atom. The summed E-state index contributed by atoms with van der Waals surface area (Å²) >= 11 is 5.84. The molecule has 1 aliphatic heterocycles. The van der Waals surface area contributed by atoms with E-state index in [9.17, 15) is 23.9 Å². The molecular formula is C17H10ClFN2O4. The smallest absolute Gasteiger partial charge is 0.336 e. The van der Waals surface area contributed by atoms with Gasteiger partial charge in [0, 0.05) is 10.6 Å². The number of benzene rings is 2. The SMILES string of the molecule is O=C1NC(=O)N(c2ccccc2F)C(=O)/C1=C\c1cc(Cl)ccc1O. The monoisotopic (exact) mass is 360 g/mol. The number of hydrogen-bond donors (Lipinski definition) is 2. The Morgan fingerprint density at radius 2 is 1.84 bits per heavy atom. The number of halogens is 2. The number of barbiturate groups is 1. The number of anilines is 1. The fraction of sp³-hybridized carbons (Fsp3) is 0. The quantitative estimate of drug-likeness (QED) is 0.637. The van der Waals surface area contributed by atoms with Crippen LogP contribution in [0.15, 0.2) is 48.0 Å². The Morgan fingerprint density at radius 3 is 2.56 bits per heavy atom. The minimum absolute atomic E-state index is 0.105. The van der Waals surface area contributed by atoms with Gasteiger partial charge in [0.05, 0.1) is 5.69 Å². The van der Waals surface area contributed by atoms with E-state index < -0.39 is 29.2 Å². The first-order valence-corrected chi connectivity index (χ1v) is 7.41. The molecule has 3 rings (SSSR count). The van der Waals surface area contributed by atoms with Gasteiger partial charge in [0.2, 0.25) is 0 Å². The Kier molecular flexibility index (Phi) is 4.24. The fourth-order valence-corrected chi connectivity index (χ4v) is 2.49. The van der Waals surface area contributed by atoms with Crippen LogP contribution in [0.1, 0.15) is 5.56 Å². The molecule has 1 aliphatic rings. The molecule has 2 aromatic carbocycles. The van der Waals surface area contributed by atoms with Gasteiger partial charge in [0.25, 0.3) is 11.8 Å². The van der Waals surface area contributed by atoms with Gasteiger partial charge in [-0.05, 0) is 36.4 Å². The van der Waals surface area contributed by atoms with E-state index in [1.165, 1.54) is 36.4 Å². The number of imide groups is 2. The van der Waals surface area contributed by atoms with E-state index in [1.54, 1.807) is 0 Å². The first kappa shape index (κ1) is 16.7. The van der Waals surface area contributed by atoms with Crippen LogP contribution in [0.4, 0.5) is 14.9 Å². The highest BCUT2D eigenvalue weighted by Gasteiger charge is 2.38. The van der Waals surface area contributed by atoms with Crippen molar-refractivity contribution in [2.24, 2.45) is 0 Å². The highest BCUT2D eigenvalue weighted by molar-refractivity contribution is 6.39. The van der Waals surface area contributed by atoms with Crippen LogP contribution in [-0.2, 0) is 9.59 Å². The number of carbonyl (C=O) groups is 3. The molecule has 8 heteroatoms. The summed E-state index contributed by atoms with van der Waals surface area (Å²) < 4.78 is 14.0. The number of aromatic hydroxyl groups is 1. The van der Waals surface area contributed by atoms with Crippen LogP contribution in [0.3, 0.4) is 0 Å². The van der Waals surface area contributed by atoms with Crippen molar-refractivity contribution in [3.05, 3.63) is 64.4 Å². The van der Waals surface area contributed by atoms with Crippen LogP contribution in [0, 0.1) is 5.82 Å². The molecule has 0 aromatic heterocycles. The summed E-state index contributed by atoms with van der Waals surface area (Å²) in [5, 5.41) is 12.1. The number of phenols is 1. The van der Waals surface area contributed by atoms with Gasteiger partial charge in [-0.2, -0.15) is 0 Å². The third-order valence-electron chi connectivity index (χ3n) is 3.48. The zero-order chi connectivity index (χ0) is 18.1. The lowest BCUT2D eigenvalue weighted by molar-refractivity contribution is -0.122. The van der Waals surface area contributed by atoms with Crippen LogP contribution < -0.4 is 10.2 Å². The van der Waals surface area contributed by atoms with Crippen LogP contribution >= 0.6 is 11.6 Å². The largest absolute Gasteiger partial charge is 0.507 e. The van der Waals surface area contributed by atoms with Gasteiger partial charge in [0.15, 0.2) is 0 Å². The summed E-state index contributed by atoms with van der Waals surface area (Å²) in [4.78, 5) is 37.1.